The summed E-state index contributed by atoms with van der Waals surface area (Å²) in [6.07, 6.45) is 3.48. The van der Waals surface area contributed by atoms with Crippen molar-refractivity contribution in [3.63, 3.8) is 0 Å². The van der Waals surface area contributed by atoms with Crippen molar-refractivity contribution in [2.75, 3.05) is 13.1 Å². The number of hydrogen-bond donors (Lipinski definition) is 0. The third kappa shape index (κ3) is 5.31. The monoisotopic (exact) mass is 493 g/mol. The van der Waals surface area contributed by atoms with Crippen molar-refractivity contribution in [1.82, 2.24) is 8.87 Å². The van der Waals surface area contributed by atoms with Crippen LogP contribution < -0.4 is 4.80 Å². The number of rotatable bonds is 9. The topological polar surface area (TPSA) is 71.7 Å². The highest BCUT2D eigenvalue weighted by molar-refractivity contribution is 7.89. The normalized spacial score (nSPS) is 12.7. The number of benzene rings is 2. The number of sulfonamides is 1. The molecule has 3 aromatic rings. The minimum Gasteiger partial charge on any atom is -0.318 e. The number of unbranched alkanes of at least 4 members (excludes halogenated alkanes) is 2. The smallest absolute Gasteiger partial charge is 0.279 e. The van der Waals surface area contributed by atoms with Gasteiger partial charge < -0.3 is 4.57 Å². The molecule has 1 amide bonds. The van der Waals surface area contributed by atoms with Crippen LogP contribution in [0.4, 0.5) is 0 Å². The third-order valence-electron chi connectivity index (χ3n) is 5.23. The van der Waals surface area contributed by atoms with E-state index in [-0.39, 0.29) is 4.90 Å². The predicted molar refractivity (Wildman–Crippen MR) is 131 cm³/mol. The van der Waals surface area contributed by atoms with Crippen LogP contribution in [0.25, 0.3) is 10.2 Å². The molecule has 1 aromatic heterocycles. The van der Waals surface area contributed by atoms with Gasteiger partial charge in [-0.2, -0.15) is 9.30 Å². The molecular formula is C23H28ClN3O3S2. The van der Waals surface area contributed by atoms with Gasteiger partial charge in [-0.3, -0.25) is 4.79 Å². The number of carbonyl (C=O) groups is 1. The molecule has 1 heterocycles. The average molecular weight is 494 g/mol. The number of aromatic nitrogens is 1. The van der Waals surface area contributed by atoms with Crippen molar-refractivity contribution in [3.8, 4) is 0 Å². The van der Waals surface area contributed by atoms with Gasteiger partial charge >= 0.3 is 0 Å². The van der Waals surface area contributed by atoms with Crippen LogP contribution in [0.15, 0.2) is 52.4 Å². The summed E-state index contributed by atoms with van der Waals surface area (Å²) in [6.45, 7) is 5.08. The Bertz CT molecular complexity index is 1250. The van der Waals surface area contributed by atoms with Crippen molar-refractivity contribution in [2.24, 2.45) is 12.0 Å². The van der Waals surface area contributed by atoms with Crippen LogP contribution in [-0.2, 0) is 17.1 Å². The molecule has 0 atom stereocenters. The summed E-state index contributed by atoms with van der Waals surface area (Å²) in [5.74, 6) is -0.430. The maximum absolute atomic E-state index is 13.1. The molecule has 0 fully saturated rings. The lowest BCUT2D eigenvalue weighted by Crippen LogP contribution is -2.33. The number of thiazole rings is 1. The van der Waals surface area contributed by atoms with Gasteiger partial charge in [-0.25, -0.2) is 8.42 Å². The Morgan fingerprint density at radius 3 is 2.25 bits per heavy atom. The van der Waals surface area contributed by atoms with Gasteiger partial charge in [-0.15, -0.1) is 0 Å². The number of carbonyl (C=O) groups excluding carboxylic acids is 1. The summed E-state index contributed by atoms with van der Waals surface area (Å²) in [4.78, 5) is 17.7. The lowest BCUT2D eigenvalue weighted by atomic mass is 10.2. The molecule has 0 aliphatic heterocycles. The van der Waals surface area contributed by atoms with E-state index in [1.165, 1.54) is 35.6 Å². The zero-order chi connectivity index (χ0) is 23.3. The highest BCUT2D eigenvalue weighted by Gasteiger charge is 2.23. The van der Waals surface area contributed by atoms with E-state index in [4.69, 9.17) is 11.6 Å². The standard InChI is InChI=1S/C23H28ClN3O3S2/c1-4-6-15-27(16-7-5-2)32(29,30)18-13-11-17(12-14-18)22(28)25-23-26(3)21-19(24)9-8-10-20(21)31-23/h8-14H,4-7,15-16H2,1-3H3. The zero-order valence-electron chi connectivity index (χ0n) is 18.5. The van der Waals surface area contributed by atoms with Gasteiger partial charge in [0.2, 0.25) is 10.0 Å². The molecular weight excluding hydrogens is 466 g/mol. The average Bonchev–Trinajstić information content (AvgIpc) is 3.10. The summed E-state index contributed by atoms with van der Waals surface area (Å²) in [5, 5.41) is 0.598. The number of aryl methyl sites for hydroxylation is 1. The largest absolute Gasteiger partial charge is 0.318 e. The molecule has 6 nitrogen and oxygen atoms in total. The van der Waals surface area contributed by atoms with E-state index < -0.39 is 15.9 Å². The van der Waals surface area contributed by atoms with E-state index in [9.17, 15) is 13.2 Å². The highest BCUT2D eigenvalue weighted by Crippen LogP contribution is 2.24. The zero-order valence-corrected chi connectivity index (χ0v) is 20.9. The number of hydrogen-bond acceptors (Lipinski definition) is 4. The van der Waals surface area contributed by atoms with Gasteiger partial charge in [-0.05, 0) is 49.2 Å². The fourth-order valence-corrected chi connectivity index (χ4v) is 6.27. The molecule has 0 aliphatic rings. The van der Waals surface area contributed by atoms with E-state index in [0.29, 0.717) is 28.5 Å². The molecule has 9 heteroatoms. The molecule has 0 saturated carbocycles. The Kier molecular flexibility index (Phi) is 8.27. The molecule has 0 saturated heterocycles. The second kappa shape index (κ2) is 10.7. The molecule has 3 rings (SSSR count). The Balaban J connectivity index is 1.88. The van der Waals surface area contributed by atoms with Gasteiger partial charge in [0.25, 0.3) is 5.91 Å². The lowest BCUT2D eigenvalue weighted by Gasteiger charge is -2.22. The van der Waals surface area contributed by atoms with E-state index >= 15 is 0 Å². The van der Waals surface area contributed by atoms with Crippen LogP contribution in [0.1, 0.15) is 49.9 Å². The molecule has 0 bridgehead atoms. The van der Waals surface area contributed by atoms with Crippen LogP contribution in [0.2, 0.25) is 5.02 Å². The van der Waals surface area contributed by atoms with Crippen LogP contribution in [0, 0.1) is 0 Å². The van der Waals surface area contributed by atoms with Gasteiger partial charge in [0.05, 0.1) is 20.1 Å². The minimum atomic E-state index is -3.60. The predicted octanol–water partition coefficient (Wildman–Crippen LogP) is 5.23. The molecule has 0 radical (unpaired) electrons. The first kappa shape index (κ1) is 24.6. The molecule has 0 spiro atoms. The fraction of sp³-hybridized carbons (Fsp3) is 0.391. The van der Waals surface area contributed by atoms with Gasteiger partial charge in [-0.1, -0.05) is 55.7 Å². The Morgan fingerprint density at radius 2 is 1.69 bits per heavy atom. The SMILES string of the molecule is CCCCN(CCCC)S(=O)(=O)c1ccc(C(=O)N=c2sc3cccc(Cl)c3n2C)cc1. The fourth-order valence-electron chi connectivity index (χ4n) is 3.35. The first-order valence-electron chi connectivity index (χ1n) is 10.7. The minimum absolute atomic E-state index is 0.195. The summed E-state index contributed by atoms with van der Waals surface area (Å²) in [7, 11) is -1.79. The van der Waals surface area contributed by atoms with E-state index in [1.807, 2.05) is 33.0 Å². The maximum atomic E-state index is 13.1. The van der Waals surface area contributed by atoms with Crippen LogP contribution in [-0.4, -0.2) is 36.3 Å². The highest BCUT2D eigenvalue weighted by atomic mass is 35.5. The number of nitrogens with zero attached hydrogens (tertiary/aromatic N) is 3. The summed E-state index contributed by atoms with van der Waals surface area (Å²) < 4.78 is 30.5. The molecule has 32 heavy (non-hydrogen) atoms. The van der Waals surface area contributed by atoms with E-state index in [2.05, 4.69) is 4.99 Å². The van der Waals surface area contributed by atoms with E-state index in [1.54, 1.807) is 14.9 Å². The summed E-state index contributed by atoms with van der Waals surface area (Å²) in [5.41, 5.74) is 1.16. The lowest BCUT2D eigenvalue weighted by molar-refractivity contribution is 0.0998. The second-order valence-electron chi connectivity index (χ2n) is 7.58. The van der Waals surface area contributed by atoms with Gasteiger partial charge in [0.1, 0.15) is 0 Å². The number of amides is 1. The first-order valence-corrected chi connectivity index (χ1v) is 13.4. The van der Waals surface area contributed by atoms with Crippen molar-refractivity contribution in [2.45, 2.75) is 44.4 Å². The summed E-state index contributed by atoms with van der Waals surface area (Å²) >= 11 is 7.65. The first-order chi connectivity index (χ1) is 15.3. The molecule has 0 unspecified atom stereocenters. The Morgan fingerprint density at radius 1 is 1.06 bits per heavy atom. The Labute approximate surface area is 198 Å². The molecule has 2 aromatic carbocycles. The maximum Gasteiger partial charge on any atom is 0.279 e. The molecule has 0 aliphatic carbocycles. The van der Waals surface area contributed by atoms with Crippen molar-refractivity contribution in [3.05, 3.63) is 57.9 Å². The van der Waals surface area contributed by atoms with Crippen LogP contribution >= 0.6 is 22.9 Å². The molecule has 0 N–H and O–H groups in total. The molecule has 172 valence electrons. The van der Waals surface area contributed by atoms with Gasteiger partial charge in [0, 0.05) is 25.7 Å². The van der Waals surface area contributed by atoms with Crippen molar-refractivity contribution in [1.29, 1.82) is 0 Å². The third-order valence-corrected chi connectivity index (χ3v) is 8.55. The van der Waals surface area contributed by atoms with Crippen LogP contribution in [0.3, 0.4) is 0 Å². The summed E-state index contributed by atoms with van der Waals surface area (Å²) in [6, 6.07) is 11.6. The number of para-hydroxylation sites is 1. The Hall–Kier alpha value is -2.00. The number of halogens is 1. The van der Waals surface area contributed by atoms with Crippen LogP contribution in [0.5, 0.6) is 0 Å². The quantitative estimate of drug-likeness (QED) is 0.410. The van der Waals surface area contributed by atoms with Gasteiger partial charge in [0.15, 0.2) is 4.80 Å². The second-order valence-corrected chi connectivity index (χ2v) is 10.9. The number of fused-ring (bicyclic) bond motifs is 1. The van der Waals surface area contributed by atoms with E-state index in [0.717, 1.165) is 35.9 Å². The van der Waals surface area contributed by atoms with Crippen molar-refractivity contribution < 1.29 is 13.2 Å². The van der Waals surface area contributed by atoms with Crippen molar-refractivity contribution >= 4 is 49.1 Å².